The van der Waals surface area contributed by atoms with Crippen molar-refractivity contribution in [3.8, 4) is 6.07 Å². The minimum absolute atomic E-state index is 0.0303. The van der Waals surface area contributed by atoms with E-state index >= 15 is 0 Å². The molecule has 2 rings (SSSR count). The minimum atomic E-state index is -0.137. The van der Waals surface area contributed by atoms with Gasteiger partial charge in [0, 0.05) is 7.05 Å². The third kappa shape index (κ3) is 2.22. The van der Waals surface area contributed by atoms with Crippen LogP contribution in [0.2, 0.25) is 0 Å². The quantitative estimate of drug-likeness (QED) is 0.856. The van der Waals surface area contributed by atoms with Gasteiger partial charge in [-0.25, -0.2) is 0 Å². The van der Waals surface area contributed by atoms with Gasteiger partial charge in [-0.05, 0) is 31.0 Å². The van der Waals surface area contributed by atoms with Crippen molar-refractivity contribution in [3.63, 3.8) is 0 Å². The number of nitriles is 1. The smallest absolute Gasteiger partial charge is 0.244 e. The summed E-state index contributed by atoms with van der Waals surface area (Å²) in [6, 6.07) is 9.15. The van der Waals surface area contributed by atoms with Crippen molar-refractivity contribution < 1.29 is 4.79 Å². The van der Waals surface area contributed by atoms with E-state index < -0.39 is 0 Å². The Kier molecular flexibility index (Phi) is 3.63. The van der Waals surface area contributed by atoms with Crippen LogP contribution in [0.1, 0.15) is 18.9 Å². The molecule has 1 heterocycles. The number of amides is 1. The molecule has 0 aromatic heterocycles. The summed E-state index contributed by atoms with van der Waals surface area (Å²) in [5.41, 5.74) is 1.20. The zero-order valence-electron chi connectivity index (χ0n) is 10.7. The highest BCUT2D eigenvalue weighted by Gasteiger charge is 2.32. The first kappa shape index (κ1) is 12.6. The summed E-state index contributed by atoms with van der Waals surface area (Å²) in [6.07, 6.45) is 1.02. The second-order valence-corrected chi connectivity index (χ2v) is 4.72. The molecule has 0 radical (unpaired) electrons. The Morgan fingerprint density at radius 1 is 1.50 bits per heavy atom. The molecule has 1 saturated heterocycles. The third-order valence-electron chi connectivity index (χ3n) is 3.52. The van der Waals surface area contributed by atoms with E-state index in [9.17, 15) is 4.79 Å². The monoisotopic (exact) mass is 243 g/mol. The van der Waals surface area contributed by atoms with Crippen LogP contribution in [0, 0.1) is 17.2 Å². The molecule has 1 aromatic rings. The average molecular weight is 243 g/mol. The van der Waals surface area contributed by atoms with Gasteiger partial charge in [0.2, 0.25) is 5.91 Å². The molecule has 1 N–H and O–H groups in total. The van der Waals surface area contributed by atoms with Crippen LogP contribution >= 0.6 is 0 Å². The largest absolute Gasteiger partial charge is 0.313 e. The maximum Gasteiger partial charge on any atom is 0.244 e. The highest BCUT2D eigenvalue weighted by Crippen LogP contribution is 2.22. The normalized spacial score (nSPS) is 22.5. The van der Waals surface area contributed by atoms with Crippen molar-refractivity contribution in [2.45, 2.75) is 19.4 Å². The van der Waals surface area contributed by atoms with Crippen LogP contribution in [0.15, 0.2) is 24.3 Å². The molecule has 1 fully saturated rings. The van der Waals surface area contributed by atoms with Crippen LogP contribution in [0.25, 0.3) is 0 Å². The standard InChI is InChI=1S/C14H17N3O/c1-10-7-8-16-13(10)14(18)17(2)12-6-4-3-5-11(12)9-15/h3-6,10,13,16H,7-8H2,1-2H3. The number of carbonyl (C=O) groups excluding carboxylic acids is 1. The third-order valence-corrected chi connectivity index (χ3v) is 3.52. The number of hydrogen-bond donors (Lipinski definition) is 1. The molecule has 1 aliphatic rings. The lowest BCUT2D eigenvalue weighted by Gasteiger charge is -2.24. The molecule has 0 saturated carbocycles. The summed E-state index contributed by atoms with van der Waals surface area (Å²) in [6.45, 7) is 2.96. The molecular formula is C14H17N3O. The van der Waals surface area contributed by atoms with Gasteiger partial charge < -0.3 is 10.2 Å². The first-order valence-electron chi connectivity index (χ1n) is 6.15. The van der Waals surface area contributed by atoms with Crippen LogP contribution in [-0.2, 0) is 4.79 Å². The molecule has 94 valence electrons. The molecule has 2 unspecified atom stereocenters. The zero-order chi connectivity index (χ0) is 13.1. The number of rotatable bonds is 2. The molecule has 0 bridgehead atoms. The van der Waals surface area contributed by atoms with E-state index in [-0.39, 0.29) is 11.9 Å². The van der Waals surface area contributed by atoms with E-state index in [0.717, 1.165) is 13.0 Å². The molecule has 0 spiro atoms. The molecule has 1 aliphatic heterocycles. The van der Waals surface area contributed by atoms with E-state index in [4.69, 9.17) is 5.26 Å². The summed E-state index contributed by atoms with van der Waals surface area (Å²) in [4.78, 5) is 14.0. The SMILES string of the molecule is CC1CCNC1C(=O)N(C)c1ccccc1C#N. The van der Waals surface area contributed by atoms with Gasteiger partial charge in [-0.15, -0.1) is 0 Å². The van der Waals surface area contributed by atoms with Crippen molar-refractivity contribution in [3.05, 3.63) is 29.8 Å². The van der Waals surface area contributed by atoms with Gasteiger partial charge in [0.1, 0.15) is 6.07 Å². The Bertz CT molecular complexity index is 492. The van der Waals surface area contributed by atoms with Crippen LogP contribution in [0.3, 0.4) is 0 Å². The highest BCUT2D eigenvalue weighted by atomic mass is 16.2. The maximum absolute atomic E-state index is 12.4. The van der Waals surface area contributed by atoms with E-state index in [2.05, 4.69) is 18.3 Å². The first-order valence-corrected chi connectivity index (χ1v) is 6.15. The average Bonchev–Trinajstić information content (AvgIpc) is 2.83. The van der Waals surface area contributed by atoms with Gasteiger partial charge in [0.25, 0.3) is 0 Å². The molecule has 4 heteroatoms. The molecule has 0 aliphatic carbocycles. The number of benzene rings is 1. The van der Waals surface area contributed by atoms with Crippen LogP contribution < -0.4 is 10.2 Å². The summed E-state index contributed by atoms with van der Waals surface area (Å²) < 4.78 is 0. The van der Waals surface area contributed by atoms with Crippen molar-refractivity contribution in [2.24, 2.45) is 5.92 Å². The number of para-hydroxylation sites is 1. The minimum Gasteiger partial charge on any atom is -0.313 e. The van der Waals surface area contributed by atoms with Gasteiger partial charge in [-0.3, -0.25) is 4.79 Å². The summed E-state index contributed by atoms with van der Waals surface area (Å²) >= 11 is 0. The van der Waals surface area contributed by atoms with Gasteiger partial charge >= 0.3 is 0 Å². The topological polar surface area (TPSA) is 56.1 Å². The van der Waals surface area contributed by atoms with Gasteiger partial charge in [-0.2, -0.15) is 5.26 Å². The number of carbonyl (C=O) groups is 1. The fourth-order valence-electron chi connectivity index (χ4n) is 2.35. The molecular weight excluding hydrogens is 226 g/mol. The predicted octanol–water partition coefficient (Wildman–Crippen LogP) is 1.52. The van der Waals surface area contributed by atoms with Crippen molar-refractivity contribution in [1.82, 2.24) is 5.32 Å². The molecule has 4 nitrogen and oxygen atoms in total. The number of nitrogens with zero attached hydrogens (tertiary/aromatic N) is 2. The fraction of sp³-hybridized carbons (Fsp3) is 0.429. The fourth-order valence-corrected chi connectivity index (χ4v) is 2.35. The second kappa shape index (κ2) is 5.19. The van der Waals surface area contributed by atoms with E-state index in [1.807, 2.05) is 6.07 Å². The Morgan fingerprint density at radius 2 is 2.22 bits per heavy atom. The Labute approximate surface area is 107 Å². The summed E-state index contributed by atoms with van der Waals surface area (Å²) in [5.74, 6) is 0.372. The van der Waals surface area contributed by atoms with Gasteiger partial charge in [0.15, 0.2) is 0 Å². The summed E-state index contributed by atoms with van der Waals surface area (Å²) in [7, 11) is 1.73. The van der Waals surface area contributed by atoms with Gasteiger partial charge in [-0.1, -0.05) is 19.1 Å². The van der Waals surface area contributed by atoms with Crippen LogP contribution in [0.4, 0.5) is 5.69 Å². The highest BCUT2D eigenvalue weighted by molar-refractivity contribution is 5.98. The Morgan fingerprint density at radius 3 is 2.83 bits per heavy atom. The first-order chi connectivity index (χ1) is 8.65. The summed E-state index contributed by atoms with van der Waals surface area (Å²) in [5, 5.41) is 12.3. The lowest BCUT2D eigenvalue weighted by molar-refractivity contribution is -0.120. The molecule has 1 amide bonds. The van der Waals surface area contributed by atoms with Crippen LogP contribution in [0.5, 0.6) is 0 Å². The van der Waals surface area contributed by atoms with Crippen molar-refractivity contribution in [2.75, 3.05) is 18.5 Å². The number of nitrogens with one attached hydrogen (secondary N) is 1. The van der Waals surface area contributed by atoms with Gasteiger partial charge in [0.05, 0.1) is 17.3 Å². The lowest BCUT2D eigenvalue weighted by Crippen LogP contribution is -2.44. The molecule has 1 aromatic carbocycles. The Hall–Kier alpha value is -1.86. The van der Waals surface area contributed by atoms with E-state index in [0.29, 0.717) is 17.2 Å². The maximum atomic E-state index is 12.4. The lowest BCUT2D eigenvalue weighted by atomic mass is 10.0. The van der Waals surface area contributed by atoms with Crippen molar-refractivity contribution >= 4 is 11.6 Å². The predicted molar refractivity (Wildman–Crippen MR) is 70.1 cm³/mol. The number of hydrogen-bond acceptors (Lipinski definition) is 3. The number of likely N-dealkylation sites (N-methyl/N-ethyl adjacent to an activating group) is 1. The van der Waals surface area contributed by atoms with Crippen LogP contribution in [-0.4, -0.2) is 25.5 Å². The molecule has 18 heavy (non-hydrogen) atoms. The van der Waals surface area contributed by atoms with E-state index in [1.54, 1.807) is 30.1 Å². The second-order valence-electron chi connectivity index (χ2n) is 4.72. The zero-order valence-corrected chi connectivity index (χ0v) is 10.7. The molecule has 2 atom stereocenters. The van der Waals surface area contributed by atoms with E-state index in [1.165, 1.54) is 0 Å². The Balaban J connectivity index is 2.23. The number of anilines is 1. The van der Waals surface area contributed by atoms with Crippen molar-refractivity contribution in [1.29, 1.82) is 5.26 Å².